The second-order valence-corrected chi connectivity index (χ2v) is 3.49. The summed E-state index contributed by atoms with van der Waals surface area (Å²) in [5.74, 6) is 1.51. The van der Waals surface area contributed by atoms with Crippen LogP contribution in [0.2, 0.25) is 0 Å². The average molecular weight is 226 g/mol. The minimum Gasteiger partial charge on any atom is -0.324 e. The summed E-state index contributed by atoms with van der Waals surface area (Å²) in [7, 11) is 0. The number of rotatable bonds is 2. The highest BCUT2D eigenvalue weighted by molar-refractivity contribution is 5.70. The minimum atomic E-state index is 0.368. The number of nitrogens with two attached hydrogens (primary N) is 1. The van der Waals surface area contributed by atoms with E-state index in [1.165, 1.54) is 0 Å². The predicted molar refractivity (Wildman–Crippen MR) is 62.3 cm³/mol. The molecule has 0 saturated heterocycles. The summed E-state index contributed by atoms with van der Waals surface area (Å²) in [6.07, 6.45) is 6.79. The second kappa shape index (κ2) is 3.91. The van der Waals surface area contributed by atoms with E-state index in [4.69, 9.17) is 5.73 Å². The van der Waals surface area contributed by atoms with Crippen LogP contribution in [0.3, 0.4) is 0 Å². The van der Waals surface area contributed by atoms with Crippen molar-refractivity contribution in [2.45, 2.75) is 6.54 Å². The molecule has 0 aliphatic carbocycles. The Hall–Kier alpha value is -2.34. The van der Waals surface area contributed by atoms with Gasteiger partial charge in [-0.25, -0.2) is 15.0 Å². The van der Waals surface area contributed by atoms with E-state index in [-0.39, 0.29) is 0 Å². The van der Waals surface area contributed by atoms with E-state index >= 15 is 0 Å². The Morgan fingerprint density at radius 1 is 1.06 bits per heavy atom. The highest BCUT2D eigenvalue weighted by atomic mass is 15.1. The molecular formula is C11H10N6. The quantitative estimate of drug-likeness (QED) is 0.694. The molecule has 2 N–H and O–H groups in total. The van der Waals surface area contributed by atoms with Gasteiger partial charge in [-0.15, -0.1) is 0 Å². The van der Waals surface area contributed by atoms with Crippen LogP contribution >= 0.6 is 0 Å². The largest absolute Gasteiger partial charge is 0.324 e. The fourth-order valence-corrected chi connectivity index (χ4v) is 1.67. The van der Waals surface area contributed by atoms with Gasteiger partial charge in [0.1, 0.15) is 17.2 Å². The van der Waals surface area contributed by atoms with Crippen molar-refractivity contribution in [2.75, 3.05) is 0 Å². The molecule has 3 heterocycles. The van der Waals surface area contributed by atoms with Crippen molar-refractivity contribution in [3.05, 3.63) is 42.7 Å². The van der Waals surface area contributed by atoms with E-state index in [2.05, 4.69) is 19.9 Å². The lowest BCUT2D eigenvalue weighted by Gasteiger charge is -2.05. The summed E-state index contributed by atoms with van der Waals surface area (Å²) < 4.78 is 1.84. The van der Waals surface area contributed by atoms with Gasteiger partial charge >= 0.3 is 0 Å². The third kappa shape index (κ3) is 1.64. The summed E-state index contributed by atoms with van der Waals surface area (Å²) in [6.45, 7) is 0.368. The van der Waals surface area contributed by atoms with Crippen LogP contribution in [0.1, 0.15) is 5.82 Å². The van der Waals surface area contributed by atoms with Gasteiger partial charge in [0.05, 0.1) is 6.54 Å². The van der Waals surface area contributed by atoms with E-state index in [1.807, 2.05) is 22.9 Å². The van der Waals surface area contributed by atoms with Crippen LogP contribution in [0.4, 0.5) is 0 Å². The molecule has 0 radical (unpaired) electrons. The molecule has 0 bridgehead atoms. The Bertz CT molecular complexity index is 660. The van der Waals surface area contributed by atoms with Crippen molar-refractivity contribution in [3.8, 4) is 5.82 Å². The molecule has 0 atom stereocenters. The Morgan fingerprint density at radius 2 is 1.94 bits per heavy atom. The van der Waals surface area contributed by atoms with Crippen LogP contribution < -0.4 is 5.73 Å². The monoisotopic (exact) mass is 226 g/mol. The Kier molecular flexibility index (Phi) is 2.27. The van der Waals surface area contributed by atoms with Crippen molar-refractivity contribution < 1.29 is 0 Å². The van der Waals surface area contributed by atoms with E-state index in [9.17, 15) is 0 Å². The molecule has 0 aliphatic heterocycles. The van der Waals surface area contributed by atoms with Crippen LogP contribution in [-0.4, -0.2) is 24.5 Å². The molecule has 0 aliphatic rings. The molecule has 0 saturated carbocycles. The average Bonchev–Trinajstić information content (AvgIpc) is 2.86. The first-order chi connectivity index (χ1) is 8.38. The third-order valence-electron chi connectivity index (χ3n) is 2.46. The van der Waals surface area contributed by atoms with E-state index < -0.39 is 0 Å². The van der Waals surface area contributed by atoms with Crippen molar-refractivity contribution in [1.29, 1.82) is 0 Å². The number of hydrogen-bond donors (Lipinski definition) is 1. The van der Waals surface area contributed by atoms with Gasteiger partial charge in [0.15, 0.2) is 5.65 Å². The van der Waals surface area contributed by atoms with E-state index in [1.54, 1.807) is 18.6 Å². The van der Waals surface area contributed by atoms with Crippen LogP contribution in [0.5, 0.6) is 0 Å². The lowest BCUT2D eigenvalue weighted by atomic mass is 10.4. The summed E-state index contributed by atoms with van der Waals surface area (Å²) in [5.41, 5.74) is 6.99. The summed E-state index contributed by atoms with van der Waals surface area (Å²) >= 11 is 0. The number of nitrogens with zero attached hydrogens (tertiary/aromatic N) is 5. The number of fused-ring (bicyclic) bond motifs is 1. The smallest absolute Gasteiger partial charge is 0.180 e. The SMILES string of the molecule is NCc1nccn1-c1ccc2nccnc2n1. The highest BCUT2D eigenvalue weighted by Crippen LogP contribution is 2.11. The first-order valence-electron chi connectivity index (χ1n) is 5.19. The summed E-state index contributed by atoms with van der Waals surface area (Å²) in [6, 6.07) is 3.75. The number of imidazole rings is 1. The van der Waals surface area contributed by atoms with Gasteiger partial charge in [-0.1, -0.05) is 0 Å². The molecule has 6 nitrogen and oxygen atoms in total. The Balaban J connectivity index is 2.18. The standard InChI is InChI=1S/C11H10N6/c12-7-10-14-5-6-17(10)9-2-1-8-11(16-9)15-4-3-13-8/h1-6H,7,12H2. The van der Waals surface area contributed by atoms with E-state index in [0.717, 1.165) is 17.2 Å². The summed E-state index contributed by atoms with van der Waals surface area (Å²) in [4.78, 5) is 16.9. The third-order valence-corrected chi connectivity index (χ3v) is 2.46. The Morgan fingerprint density at radius 3 is 2.82 bits per heavy atom. The second-order valence-electron chi connectivity index (χ2n) is 3.49. The van der Waals surface area contributed by atoms with Crippen molar-refractivity contribution in [3.63, 3.8) is 0 Å². The van der Waals surface area contributed by atoms with Crippen molar-refractivity contribution in [1.82, 2.24) is 24.5 Å². The molecule has 3 rings (SSSR count). The first-order valence-corrected chi connectivity index (χ1v) is 5.19. The van der Waals surface area contributed by atoms with Crippen LogP contribution in [0.15, 0.2) is 36.9 Å². The molecule has 0 aromatic carbocycles. The van der Waals surface area contributed by atoms with Gasteiger partial charge in [0.25, 0.3) is 0 Å². The molecular weight excluding hydrogens is 216 g/mol. The first kappa shape index (κ1) is 9.86. The van der Waals surface area contributed by atoms with E-state index in [0.29, 0.717) is 12.2 Å². The molecule has 17 heavy (non-hydrogen) atoms. The van der Waals surface area contributed by atoms with Crippen molar-refractivity contribution in [2.24, 2.45) is 5.73 Å². The van der Waals surface area contributed by atoms with Gasteiger partial charge in [-0.2, -0.15) is 0 Å². The zero-order valence-electron chi connectivity index (χ0n) is 8.98. The van der Waals surface area contributed by atoms with Gasteiger partial charge in [-0.3, -0.25) is 9.55 Å². The van der Waals surface area contributed by atoms with Gasteiger partial charge in [-0.05, 0) is 12.1 Å². The molecule has 84 valence electrons. The molecule has 3 aromatic heterocycles. The maximum atomic E-state index is 5.61. The molecule has 0 fully saturated rings. The lowest BCUT2D eigenvalue weighted by Crippen LogP contribution is -2.07. The highest BCUT2D eigenvalue weighted by Gasteiger charge is 2.05. The maximum absolute atomic E-state index is 5.61. The van der Waals surface area contributed by atoms with Crippen molar-refractivity contribution >= 4 is 11.2 Å². The number of hydrogen-bond acceptors (Lipinski definition) is 5. The Labute approximate surface area is 97.2 Å². The molecule has 3 aromatic rings. The maximum Gasteiger partial charge on any atom is 0.180 e. The van der Waals surface area contributed by atoms with Crippen LogP contribution in [0, 0.1) is 0 Å². The number of aromatic nitrogens is 5. The fourth-order valence-electron chi connectivity index (χ4n) is 1.67. The molecule has 6 heteroatoms. The zero-order chi connectivity index (χ0) is 11.7. The van der Waals surface area contributed by atoms with Gasteiger partial charge in [0, 0.05) is 24.8 Å². The lowest BCUT2D eigenvalue weighted by molar-refractivity contribution is 0.850. The van der Waals surface area contributed by atoms with Gasteiger partial charge < -0.3 is 5.73 Å². The number of pyridine rings is 1. The van der Waals surface area contributed by atoms with Gasteiger partial charge in [0.2, 0.25) is 0 Å². The summed E-state index contributed by atoms with van der Waals surface area (Å²) in [5, 5.41) is 0. The molecule has 0 amide bonds. The zero-order valence-corrected chi connectivity index (χ0v) is 8.98. The topological polar surface area (TPSA) is 82.5 Å². The normalized spacial score (nSPS) is 10.9. The minimum absolute atomic E-state index is 0.368. The van der Waals surface area contributed by atoms with Crippen LogP contribution in [-0.2, 0) is 6.54 Å². The predicted octanol–water partition coefficient (Wildman–Crippen LogP) is 0.669. The van der Waals surface area contributed by atoms with Crippen LogP contribution in [0.25, 0.3) is 17.0 Å². The molecule has 0 spiro atoms. The fraction of sp³-hybridized carbons (Fsp3) is 0.0909. The molecule has 0 unspecified atom stereocenters.